The molecule has 1 heterocycles. The number of benzene rings is 1. The number of aryl methyl sites for hydroxylation is 1. The summed E-state index contributed by atoms with van der Waals surface area (Å²) in [6, 6.07) is 8.90. The number of piperidine rings is 1. The average Bonchev–Trinajstić information content (AvgIpc) is 2.40. The lowest BCUT2D eigenvalue weighted by Gasteiger charge is -2.31. The van der Waals surface area contributed by atoms with Gasteiger partial charge in [-0.1, -0.05) is 31.2 Å². The Morgan fingerprint density at radius 1 is 1.22 bits per heavy atom. The molecule has 0 spiro atoms. The first kappa shape index (κ1) is 13.1. The van der Waals surface area contributed by atoms with Crippen molar-refractivity contribution in [2.45, 2.75) is 32.7 Å². The minimum Gasteiger partial charge on any atom is -0.387 e. The smallest absolute Gasteiger partial charge is 0.0937 e. The fourth-order valence-corrected chi connectivity index (χ4v) is 2.54. The van der Waals surface area contributed by atoms with Crippen LogP contribution in [0.3, 0.4) is 0 Å². The van der Waals surface area contributed by atoms with Crippen molar-refractivity contribution >= 4 is 5.84 Å². The van der Waals surface area contributed by atoms with Crippen LogP contribution in [0.25, 0.3) is 0 Å². The molecule has 0 aliphatic carbocycles. The summed E-state index contributed by atoms with van der Waals surface area (Å²) < 4.78 is 0. The van der Waals surface area contributed by atoms with Crippen LogP contribution in [0.1, 0.15) is 30.9 Å². The Morgan fingerprint density at radius 2 is 1.78 bits per heavy atom. The highest BCUT2D eigenvalue weighted by Gasteiger charge is 2.20. The second-order valence-corrected chi connectivity index (χ2v) is 5.18. The van der Waals surface area contributed by atoms with Crippen LogP contribution in [0.15, 0.2) is 24.3 Å². The fourth-order valence-electron chi connectivity index (χ4n) is 2.54. The van der Waals surface area contributed by atoms with E-state index in [9.17, 15) is 0 Å². The Balaban J connectivity index is 1.85. The van der Waals surface area contributed by atoms with Crippen LogP contribution >= 0.6 is 0 Å². The van der Waals surface area contributed by atoms with Gasteiger partial charge in [0.1, 0.15) is 0 Å². The van der Waals surface area contributed by atoms with E-state index in [0.29, 0.717) is 11.8 Å². The zero-order valence-electron chi connectivity index (χ0n) is 11.2. The molecular formula is C15H23N3. The van der Waals surface area contributed by atoms with Crippen LogP contribution in [0.4, 0.5) is 0 Å². The van der Waals surface area contributed by atoms with Gasteiger partial charge in [0, 0.05) is 12.5 Å². The number of hydrogen-bond acceptors (Lipinski definition) is 2. The number of nitrogens with two attached hydrogens (primary N) is 1. The van der Waals surface area contributed by atoms with E-state index in [0.717, 1.165) is 38.9 Å². The maximum atomic E-state index is 7.48. The predicted octanol–water partition coefficient (Wildman–Crippen LogP) is 2.40. The molecule has 0 atom stereocenters. The lowest BCUT2D eigenvalue weighted by Crippen LogP contribution is -2.37. The van der Waals surface area contributed by atoms with Gasteiger partial charge in [-0.05, 0) is 43.5 Å². The number of nitrogens with one attached hydrogen (secondary N) is 1. The molecule has 0 unspecified atom stereocenters. The van der Waals surface area contributed by atoms with Crippen LogP contribution in [0, 0.1) is 11.3 Å². The standard InChI is InChI=1S/C15H23N3/c1-2-12-3-5-13(6-4-12)11-18-9-7-14(8-10-18)15(16)17/h3-6,14H,2,7-11H2,1H3,(H3,16,17). The van der Waals surface area contributed by atoms with Crippen molar-refractivity contribution in [2.75, 3.05) is 13.1 Å². The summed E-state index contributed by atoms with van der Waals surface area (Å²) >= 11 is 0. The van der Waals surface area contributed by atoms with Crippen LogP contribution < -0.4 is 5.73 Å². The van der Waals surface area contributed by atoms with Gasteiger partial charge in [0.05, 0.1) is 5.84 Å². The summed E-state index contributed by atoms with van der Waals surface area (Å²) in [5.41, 5.74) is 8.34. The Hall–Kier alpha value is -1.35. The molecule has 1 aromatic rings. The average molecular weight is 245 g/mol. The highest BCUT2D eigenvalue weighted by atomic mass is 15.1. The first-order valence-corrected chi connectivity index (χ1v) is 6.83. The molecule has 0 bridgehead atoms. The van der Waals surface area contributed by atoms with Gasteiger partial charge in [0.2, 0.25) is 0 Å². The summed E-state index contributed by atoms with van der Waals surface area (Å²) in [6.07, 6.45) is 3.16. The lowest BCUT2D eigenvalue weighted by molar-refractivity contribution is 0.201. The summed E-state index contributed by atoms with van der Waals surface area (Å²) in [4.78, 5) is 2.46. The van der Waals surface area contributed by atoms with Gasteiger partial charge >= 0.3 is 0 Å². The third-order valence-corrected chi connectivity index (χ3v) is 3.86. The molecule has 1 fully saturated rings. The number of rotatable bonds is 4. The van der Waals surface area contributed by atoms with Gasteiger partial charge in [-0.15, -0.1) is 0 Å². The van der Waals surface area contributed by atoms with Gasteiger partial charge in [-0.2, -0.15) is 0 Å². The second kappa shape index (κ2) is 6.01. The fraction of sp³-hybridized carbons (Fsp3) is 0.533. The van der Waals surface area contributed by atoms with Gasteiger partial charge in [-0.3, -0.25) is 10.3 Å². The molecule has 0 aromatic heterocycles. The van der Waals surface area contributed by atoms with E-state index < -0.39 is 0 Å². The quantitative estimate of drug-likeness (QED) is 0.632. The highest BCUT2D eigenvalue weighted by molar-refractivity contribution is 5.79. The molecule has 1 aliphatic rings. The van der Waals surface area contributed by atoms with Crippen molar-refractivity contribution in [1.29, 1.82) is 5.41 Å². The van der Waals surface area contributed by atoms with Crippen molar-refractivity contribution < 1.29 is 0 Å². The van der Waals surface area contributed by atoms with E-state index in [1.54, 1.807) is 0 Å². The Morgan fingerprint density at radius 3 is 2.28 bits per heavy atom. The largest absolute Gasteiger partial charge is 0.387 e. The molecule has 3 N–H and O–H groups in total. The Kier molecular flexibility index (Phi) is 4.37. The third kappa shape index (κ3) is 3.33. The summed E-state index contributed by atoms with van der Waals surface area (Å²) in [5, 5.41) is 7.48. The summed E-state index contributed by atoms with van der Waals surface area (Å²) in [6.45, 7) is 5.32. The number of nitrogens with zero attached hydrogens (tertiary/aromatic N) is 1. The van der Waals surface area contributed by atoms with E-state index in [2.05, 4.69) is 36.1 Å². The minimum atomic E-state index is 0.309. The van der Waals surface area contributed by atoms with Gasteiger partial charge < -0.3 is 5.73 Å². The zero-order valence-corrected chi connectivity index (χ0v) is 11.2. The van der Waals surface area contributed by atoms with Crippen LogP contribution in [0.2, 0.25) is 0 Å². The van der Waals surface area contributed by atoms with E-state index in [1.165, 1.54) is 11.1 Å². The number of likely N-dealkylation sites (tertiary alicyclic amines) is 1. The predicted molar refractivity (Wildman–Crippen MR) is 75.7 cm³/mol. The number of amidine groups is 1. The van der Waals surface area contributed by atoms with Crippen LogP contribution in [-0.4, -0.2) is 23.8 Å². The molecule has 3 nitrogen and oxygen atoms in total. The van der Waals surface area contributed by atoms with E-state index in [4.69, 9.17) is 11.1 Å². The Bertz CT molecular complexity index is 389. The monoisotopic (exact) mass is 245 g/mol. The minimum absolute atomic E-state index is 0.309. The molecule has 18 heavy (non-hydrogen) atoms. The summed E-state index contributed by atoms with van der Waals surface area (Å²) in [7, 11) is 0. The molecule has 1 saturated heterocycles. The van der Waals surface area contributed by atoms with Crippen LogP contribution in [-0.2, 0) is 13.0 Å². The molecule has 98 valence electrons. The number of hydrogen-bond donors (Lipinski definition) is 2. The van der Waals surface area contributed by atoms with Gasteiger partial charge in [0.15, 0.2) is 0 Å². The highest BCUT2D eigenvalue weighted by Crippen LogP contribution is 2.18. The van der Waals surface area contributed by atoms with Gasteiger partial charge in [0.25, 0.3) is 0 Å². The molecular weight excluding hydrogens is 222 g/mol. The summed E-state index contributed by atoms with van der Waals surface area (Å²) in [5.74, 6) is 0.672. The Labute approximate surface area is 109 Å². The maximum absolute atomic E-state index is 7.48. The van der Waals surface area contributed by atoms with E-state index >= 15 is 0 Å². The molecule has 1 aromatic carbocycles. The molecule has 1 aliphatic heterocycles. The first-order valence-electron chi connectivity index (χ1n) is 6.83. The van der Waals surface area contributed by atoms with E-state index in [-0.39, 0.29) is 0 Å². The normalized spacial score (nSPS) is 17.8. The van der Waals surface area contributed by atoms with Crippen molar-refractivity contribution in [2.24, 2.45) is 11.7 Å². The van der Waals surface area contributed by atoms with Crippen molar-refractivity contribution in [3.05, 3.63) is 35.4 Å². The van der Waals surface area contributed by atoms with Crippen molar-refractivity contribution in [3.8, 4) is 0 Å². The zero-order chi connectivity index (χ0) is 13.0. The molecule has 0 amide bonds. The molecule has 0 saturated carbocycles. The van der Waals surface area contributed by atoms with Crippen molar-refractivity contribution in [3.63, 3.8) is 0 Å². The SMILES string of the molecule is CCc1ccc(CN2CCC(C(=N)N)CC2)cc1. The second-order valence-electron chi connectivity index (χ2n) is 5.18. The maximum Gasteiger partial charge on any atom is 0.0937 e. The van der Waals surface area contributed by atoms with Gasteiger partial charge in [-0.25, -0.2) is 0 Å². The van der Waals surface area contributed by atoms with E-state index in [1.807, 2.05) is 0 Å². The van der Waals surface area contributed by atoms with Crippen LogP contribution in [0.5, 0.6) is 0 Å². The molecule has 0 radical (unpaired) electrons. The molecule has 2 rings (SSSR count). The molecule has 3 heteroatoms. The van der Waals surface area contributed by atoms with Crippen molar-refractivity contribution in [1.82, 2.24) is 4.90 Å². The lowest BCUT2D eigenvalue weighted by atomic mass is 9.95. The topological polar surface area (TPSA) is 53.1 Å². The first-order chi connectivity index (χ1) is 8.69. The third-order valence-electron chi connectivity index (χ3n) is 3.86.